The van der Waals surface area contributed by atoms with Crippen LogP contribution in [0.2, 0.25) is 0 Å². The van der Waals surface area contributed by atoms with E-state index in [0.717, 1.165) is 24.2 Å². The van der Waals surface area contributed by atoms with Gasteiger partial charge < -0.3 is 9.84 Å². The van der Waals surface area contributed by atoms with Crippen LogP contribution in [0.15, 0.2) is 10.3 Å². The third kappa shape index (κ3) is 2.88. The predicted octanol–water partition coefficient (Wildman–Crippen LogP) is 1.55. The van der Waals surface area contributed by atoms with Crippen LogP contribution in [-0.4, -0.2) is 50.1 Å². The Labute approximate surface area is 122 Å². The molecule has 20 heavy (non-hydrogen) atoms. The Morgan fingerprint density at radius 2 is 2.30 bits per heavy atom. The van der Waals surface area contributed by atoms with E-state index in [9.17, 15) is 13.2 Å². The highest BCUT2D eigenvalue weighted by Crippen LogP contribution is 2.29. The Kier molecular flexibility index (Phi) is 4.48. The highest BCUT2D eigenvalue weighted by Gasteiger charge is 2.32. The minimum atomic E-state index is -3.81. The topological polar surface area (TPSA) is 83.9 Å². The van der Waals surface area contributed by atoms with Gasteiger partial charge in [0.1, 0.15) is 9.77 Å². The summed E-state index contributed by atoms with van der Waals surface area (Å²) >= 11 is 0.935. The first-order valence-corrected chi connectivity index (χ1v) is 8.55. The molecule has 6 nitrogen and oxygen atoms in total. The minimum Gasteiger partial charge on any atom is -0.477 e. The van der Waals surface area contributed by atoms with Gasteiger partial charge in [-0.25, -0.2) is 13.2 Å². The Morgan fingerprint density at radius 1 is 1.60 bits per heavy atom. The number of sulfonamides is 1. The SMILES string of the molecule is Cc1csc(C(=O)O)c1S(=O)(=O)N(C)CC1CCCO1. The number of aromatic carboxylic acids is 1. The lowest BCUT2D eigenvalue weighted by Crippen LogP contribution is -2.34. The molecule has 0 spiro atoms. The first-order chi connectivity index (χ1) is 9.34. The summed E-state index contributed by atoms with van der Waals surface area (Å²) in [6.07, 6.45) is 1.65. The second-order valence-corrected chi connectivity index (χ2v) is 7.66. The quantitative estimate of drug-likeness (QED) is 0.890. The molecule has 2 heterocycles. The molecule has 0 amide bonds. The van der Waals surface area contributed by atoms with Crippen LogP contribution < -0.4 is 0 Å². The Morgan fingerprint density at radius 3 is 2.85 bits per heavy atom. The standard InChI is InChI=1S/C12H17NO5S2/c1-8-7-19-10(12(14)15)11(8)20(16,17)13(2)6-9-4-3-5-18-9/h7,9H,3-6H2,1-2H3,(H,14,15). The van der Waals surface area contributed by atoms with Crippen LogP contribution >= 0.6 is 11.3 Å². The van der Waals surface area contributed by atoms with Crippen molar-refractivity contribution in [2.75, 3.05) is 20.2 Å². The van der Waals surface area contributed by atoms with Crippen LogP contribution in [0.3, 0.4) is 0 Å². The lowest BCUT2D eigenvalue weighted by molar-refractivity contribution is 0.0698. The van der Waals surface area contributed by atoms with E-state index in [2.05, 4.69) is 0 Å². The second-order valence-electron chi connectivity index (χ2n) is 4.80. The molecule has 1 aliphatic rings. The van der Waals surface area contributed by atoms with Crippen LogP contribution in [-0.2, 0) is 14.8 Å². The summed E-state index contributed by atoms with van der Waals surface area (Å²) in [6.45, 7) is 2.50. The summed E-state index contributed by atoms with van der Waals surface area (Å²) < 4.78 is 31.7. The van der Waals surface area contributed by atoms with E-state index < -0.39 is 16.0 Å². The molecule has 8 heteroatoms. The van der Waals surface area contributed by atoms with Crippen molar-refractivity contribution in [1.29, 1.82) is 0 Å². The van der Waals surface area contributed by atoms with E-state index >= 15 is 0 Å². The highest BCUT2D eigenvalue weighted by atomic mass is 32.2. The molecular formula is C12H17NO5S2. The van der Waals surface area contributed by atoms with Crippen molar-refractivity contribution < 1.29 is 23.1 Å². The van der Waals surface area contributed by atoms with Gasteiger partial charge in [0, 0.05) is 20.2 Å². The minimum absolute atomic E-state index is 0.101. The number of carboxylic acids is 1. The van der Waals surface area contributed by atoms with Crippen LogP contribution in [0.1, 0.15) is 28.1 Å². The maximum atomic E-state index is 12.5. The van der Waals surface area contributed by atoms with Gasteiger partial charge in [-0.2, -0.15) is 4.31 Å². The van der Waals surface area contributed by atoms with Crippen LogP contribution in [0.4, 0.5) is 0 Å². The summed E-state index contributed by atoms with van der Waals surface area (Å²) in [7, 11) is -2.35. The summed E-state index contributed by atoms with van der Waals surface area (Å²) in [5.74, 6) is -1.22. The molecule has 0 radical (unpaired) electrons. The Hall–Kier alpha value is -0.960. The molecule has 0 saturated carbocycles. The van der Waals surface area contributed by atoms with Gasteiger partial charge in [-0.3, -0.25) is 0 Å². The van der Waals surface area contributed by atoms with Crippen LogP contribution in [0.5, 0.6) is 0 Å². The molecule has 1 fully saturated rings. The van der Waals surface area contributed by atoms with E-state index in [-0.39, 0.29) is 22.4 Å². The van der Waals surface area contributed by atoms with Crippen molar-refractivity contribution in [3.8, 4) is 0 Å². The van der Waals surface area contributed by atoms with Crippen LogP contribution in [0.25, 0.3) is 0 Å². The normalized spacial score (nSPS) is 19.6. The molecule has 1 N–H and O–H groups in total. The molecule has 2 rings (SSSR count). The lowest BCUT2D eigenvalue weighted by Gasteiger charge is -2.20. The summed E-state index contributed by atoms with van der Waals surface area (Å²) in [4.78, 5) is 10.9. The average molecular weight is 319 g/mol. The number of hydrogen-bond donors (Lipinski definition) is 1. The van der Waals surface area contributed by atoms with Gasteiger partial charge in [-0.1, -0.05) is 0 Å². The van der Waals surface area contributed by atoms with Crippen molar-refractivity contribution in [2.45, 2.75) is 30.8 Å². The van der Waals surface area contributed by atoms with Gasteiger partial charge in [0.2, 0.25) is 10.0 Å². The van der Waals surface area contributed by atoms with Crippen molar-refractivity contribution in [3.05, 3.63) is 15.8 Å². The first-order valence-electron chi connectivity index (χ1n) is 6.23. The second kappa shape index (κ2) is 5.80. The van der Waals surface area contributed by atoms with E-state index in [1.165, 1.54) is 11.4 Å². The molecule has 1 aromatic rings. The van der Waals surface area contributed by atoms with E-state index in [1.54, 1.807) is 12.3 Å². The third-order valence-corrected chi connectivity index (χ3v) is 6.49. The van der Waals surface area contributed by atoms with E-state index in [0.29, 0.717) is 12.2 Å². The van der Waals surface area contributed by atoms with Crippen molar-refractivity contribution in [2.24, 2.45) is 0 Å². The predicted molar refractivity (Wildman–Crippen MR) is 74.8 cm³/mol. The number of nitrogens with zero attached hydrogens (tertiary/aromatic N) is 1. The maximum Gasteiger partial charge on any atom is 0.347 e. The highest BCUT2D eigenvalue weighted by molar-refractivity contribution is 7.89. The van der Waals surface area contributed by atoms with Gasteiger partial charge >= 0.3 is 5.97 Å². The maximum absolute atomic E-state index is 12.5. The van der Waals surface area contributed by atoms with Crippen molar-refractivity contribution in [3.63, 3.8) is 0 Å². The van der Waals surface area contributed by atoms with Gasteiger partial charge in [-0.05, 0) is 30.7 Å². The first kappa shape index (κ1) is 15.4. The fourth-order valence-corrected chi connectivity index (χ4v) is 5.01. The fourth-order valence-electron chi connectivity index (χ4n) is 2.23. The zero-order valence-corrected chi connectivity index (χ0v) is 13.0. The number of hydrogen-bond acceptors (Lipinski definition) is 5. The van der Waals surface area contributed by atoms with Crippen LogP contribution in [0, 0.1) is 6.92 Å². The molecule has 0 aliphatic carbocycles. The lowest BCUT2D eigenvalue weighted by atomic mass is 10.2. The molecule has 1 aliphatic heterocycles. The zero-order valence-electron chi connectivity index (χ0n) is 11.3. The Balaban J connectivity index is 2.29. The summed E-state index contributed by atoms with van der Waals surface area (Å²) in [6, 6.07) is 0. The molecule has 1 unspecified atom stereocenters. The number of carboxylic acid groups (broad SMARTS) is 1. The van der Waals surface area contributed by atoms with Crippen molar-refractivity contribution >= 4 is 27.3 Å². The fraction of sp³-hybridized carbons (Fsp3) is 0.583. The Bertz CT molecular complexity index is 601. The molecule has 112 valence electrons. The molecule has 1 atom stereocenters. The summed E-state index contributed by atoms with van der Waals surface area (Å²) in [5.41, 5.74) is 0.464. The molecular weight excluding hydrogens is 302 g/mol. The monoisotopic (exact) mass is 319 g/mol. The number of carbonyl (C=O) groups is 1. The smallest absolute Gasteiger partial charge is 0.347 e. The van der Waals surface area contributed by atoms with Gasteiger partial charge in [0.05, 0.1) is 6.10 Å². The number of ether oxygens (including phenoxy) is 1. The third-order valence-electron chi connectivity index (χ3n) is 3.27. The van der Waals surface area contributed by atoms with E-state index in [1.807, 2.05) is 0 Å². The number of rotatable bonds is 5. The van der Waals surface area contributed by atoms with Gasteiger partial charge in [0.15, 0.2) is 0 Å². The van der Waals surface area contributed by atoms with E-state index in [4.69, 9.17) is 9.84 Å². The number of thiophene rings is 1. The van der Waals surface area contributed by atoms with Crippen molar-refractivity contribution in [1.82, 2.24) is 4.31 Å². The van der Waals surface area contributed by atoms with Gasteiger partial charge in [0.25, 0.3) is 0 Å². The molecule has 1 saturated heterocycles. The van der Waals surface area contributed by atoms with Gasteiger partial charge in [-0.15, -0.1) is 11.3 Å². The zero-order chi connectivity index (χ0) is 14.9. The largest absolute Gasteiger partial charge is 0.477 e. The number of likely N-dealkylation sites (N-methyl/N-ethyl adjacent to an activating group) is 1. The molecule has 0 bridgehead atoms. The summed E-state index contributed by atoms with van der Waals surface area (Å²) in [5, 5.41) is 10.7. The molecule has 1 aromatic heterocycles. The molecule has 0 aromatic carbocycles. The number of aryl methyl sites for hydroxylation is 1. The average Bonchev–Trinajstić information content (AvgIpc) is 2.98.